The molecule has 4 nitrogen and oxygen atoms in total. The third kappa shape index (κ3) is 2.44. The van der Waals surface area contributed by atoms with E-state index >= 15 is 0 Å². The number of aromatic nitrogens is 3. The molecular formula is C14H20N4S. The normalized spacial score (nSPS) is 18.2. The van der Waals surface area contributed by atoms with Crippen molar-refractivity contribution >= 4 is 23.4 Å². The summed E-state index contributed by atoms with van der Waals surface area (Å²) in [5, 5.41) is 0. The second-order valence-electron chi connectivity index (χ2n) is 5.48. The van der Waals surface area contributed by atoms with E-state index in [-0.39, 0.29) is 0 Å². The van der Waals surface area contributed by atoms with Crippen LogP contribution in [0.1, 0.15) is 31.5 Å². The van der Waals surface area contributed by atoms with Gasteiger partial charge < -0.3 is 9.88 Å². The van der Waals surface area contributed by atoms with Crippen molar-refractivity contribution in [2.45, 2.75) is 32.7 Å². The lowest BCUT2D eigenvalue weighted by molar-refractivity contribution is 0.289. The Morgan fingerprint density at radius 1 is 1.37 bits per heavy atom. The van der Waals surface area contributed by atoms with Crippen molar-refractivity contribution in [1.29, 1.82) is 0 Å². The van der Waals surface area contributed by atoms with Gasteiger partial charge in [-0.05, 0) is 64.1 Å². The largest absolute Gasteiger partial charge is 0.329 e. The minimum absolute atomic E-state index is 0.355. The molecule has 0 spiro atoms. The molecule has 0 amide bonds. The summed E-state index contributed by atoms with van der Waals surface area (Å²) in [6.45, 7) is 7.73. The zero-order valence-electron chi connectivity index (χ0n) is 11.5. The molecule has 0 bridgehead atoms. The monoisotopic (exact) mass is 276 g/mol. The SMILES string of the molecule is Cc1ccc2[nH]c(=S)n(C(C)CN3CCCC3)c2n1. The van der Waals surface area contributed by atoms with Crippen LogP contribution in [0.4, 0.5) is 0 Å². The predicted octanol–water partition coefficient (Wildman–Crippen LogP) is 3.06. The molecule has 1 aliphatic heterocycles. The van der Waals surface area contributed by atoms with Gasteiger partial charge in [0.15, 0.2) is 10.4 Å². The van der Waals surface area contributed by atoms with E-state index in [1.165, 1.54) is 25.9 Å². The zero-order valence-corrected chi connectivity index (χ0v) is 12.3. The maximum atomic E-state index is 5.46. The molecule has 1 saturated heterocycles. The molecule has 5 heteroatoms. The van der Waals surface area contributed by atoms with Gasteiger partial charge in [-0.3, -0.25) is 4.57 Å². The van der Waals surface area contributed by atoms with Crippen LogP contribution in [0.15, 0.2) is 12.1 Å². The topological polar surface area (TPSA) is 36.9 Å². The molecule has 1 unspecified atom stereocenters. The summed E-state index contributed by atoms with van der Waals surface area (Å²) in [5.41, 5.74) is 3.05. The van der Waals surface area contributed by atoms with Gasteiger partial charge in [0, 0.05) is 18.3 Å². The maximum absolute atomic E-state index is 5.46. The van der Waals surface area contributed by atoms with Crippen LogP contribution in [0.5, 0.6) is 0 Å². The highest BCUT2D eigenvalue weighted by Crippen LogP contribution is 2.20. The second-order valence-corrected chi connectivity index (χ2v) is 5.87. The molecule has 0 radical (unpaired) electrons. The first kappa shape index (κ1) is 12.8. The van der Waals surface area contributed by atoms with Crippen LogP contribution in [-0.4, -0.2) is 39.1 Å². The number of nitrogens with zero attached hydrogens (tertiary/aromatic N) is 3. The third-order valence-electron chi connectivity index (χ3n) is 3.86. The minimum atomic E-state index is 0.355. The van der Waals surface area contributed by atoms with Gasteiger partial charge in [0.05, 0.1) is 5.52 Å². The van der Waals surface area contributed by atoms with Gasteiger partial charge in [0.1, 0.15) is 0 Å². The van der Waals surface area contributed by atoms with Crippen LogP contribution in [0.2, 0.25) is 0 Å². The number of aryl methyl sites for hydroxylation is 1. The summed E-state index contributed by atoms with van der Waals surface area (Å²) in [6, 6.07) is 4.43. The average molecular weight is 276 g/mol. The van der Waals surface area contributed by atoms with E-state index in [4.69, 9.17) is 12.2 Å². The van der Waals surface area contributed by atoms with Crippen LogP contribution in [0, 0.1) is 11.7 Å². The second kappa shape index (κ2) is 5.06. The van der Waals surface area contributed by atoms with Gasteiger partial charge in [-0.25, -0.2) is 4.98 Å². The highest BCUT2D eigenvalue weighted by molar-refractivity contribution is 7.71. The third-order valence-corrected chi connectivity index (χ3v) is 4.16. The molecule has 1 atom stereocenters. The Morgan fingerprint density at radius 2 is 2.11 bits per heavy atom. The summed E-state index contributed by atoms with van der Waals surface area (Å²) in [7, 11) is 0. The highest BCUT2D eigenvalue weighted by Gasteiger charge is 2.18. The van der Waals surface area contributed by atoms with E-state index in [0.717, 1.165) is 28.2 Å². The van der Waals surface area contributed by atoms with E-state index in [1.54, 1.807) is 0 Å². The lowest BCUT2D eigenvalue weighted by atomic mass is 10.3. The Morgan fingerprint density at radius 3 is 2.84 bits per heavy atom. The lowest BCUT2D eigenvalue weighted by Gasteiger charge is -2.21. The number of rotatable bonds is 3. The Kier molecular flexibility index (Phi) is 3.41. The fourth-order valence-electron chi connectivity index (χ4n) is 2.93. The van der Waals surface area contributed by atoms with Crippen LogP contribution < -0.4 is 0 Å². The maximum Gasteiger partial charge on any atom is 0.179 e. The van der Waals surface area contributed by atoms with Gasteiger partial charge in [0.25, 0.3) is 0 Å². The van der Waals surface area contributed by atoms with Crippen LogP contribution in [-0.2, 0) is 0 Å². The van der Waals surface area contributed by atoms with E-state index in [1.807, 2.05) is 13.0 Å². The molecule has 102 valence electrons. The van der Waals surface area contributed by atoms with Crippen molar-refractivity contribution in [3.63, 3.8) is 0 Å². The van der Waals surface area contributed by atoms with Crippen molar-refractivity contribution in [2.75, 3.05) is 19.6 Å². The summed E-state index contributed by atoms with van der Waals surface area (Å²) >= 11 is 5.46. The van der Waals surface area contributed by atoms with Crippen LogP contribution in [0.3, 0.4) is 0 Å². The Bertz CT molecular complexity index is 636. The van der Waals surface area contributed by atoms with Crippen molar-refractivity contribution in [2.24, 2.45) is 0 Å². The van der Waals surface area contributed by atoms with E-state index in [0.29, 0.717) is 6.04 Å². The Hall–Kier alpha value is -1.20. The first-order valence-electron chi connectivity index (χ1n) is 6.95. The van der Waals surface area contributed by atoms with Crippen LogP contribution in [0.25, 0.3) is 11.2 Å². The van der Waals surface area contributed by atoms with Crippen molar-refractivity contribution in [3.8, 4) is 0 Å². The summed E-state index contributed by atoms with van der Waals surface area (Å²) < 4.78 is 2.94. The predicted molar refractivity (Wildman–Crippen MR) is 80.0 cm³/mol. The molecule has 19 heavy (non-hydrogen) atoms. The number of nitrogens with one attached hydrogen (secondary N) is 1. The number of pyridine rings is 1. The van der Waals surface area contributed by atoms with E-state index in [9.17, 15) is 0 Å². The standard InChI is InChI=1S/C14H20N4S/c1-10-5-6-12-13(15-10)18(14(19)16-12)11(2)9-17-7-3-4-8-17/h5-6,11H,3-4,7-9H2,1-2H3,(H,16,19). The highest BCUT2D eigenvalue weighted by atomic mass is 32.1. The molecule has 1 fully saturated rings. The zero-order chi connectivity index (χ0) is 13.4. The van der Waals surface area contributed by atoms with Gasteiger partial charge in [-0.2, -0.15) is 0 Å². The van der Waals surface area contributed by atoms with Crippen molar-refractivity contribution in [1.82, 2.24) is 19.4 Å². The van der Waals surface area contributed by atoms with Gasteiger partial charge in [-0.15, -0.1) is 0 Å². The fourth-order valence-corrected chi connectivity index (χ4v) is 3.30. The van der Waals surface area contributed by atoms with E-state index < -0.39 is 0 Å². The number of H-pyrrole nitrogens is 1. The number of likely N-dealkylation sites (tertiary alicyclic amines) is 1. The fraction of sp³-hybridized carbons (Fsp3) is 0.571. The summed E-state index contributed by atoms with van der Waals surface area (Å²) in [5.74, 6) is 0. The Labute approximate surface area is 118 Å². The molecule has 2 aromatic rings. The number of imidazole rings is 1. The number of hydrogen-bond donors (Lipinski definition) is 1. The van der Waals surface area contributed by atoms with Crippen molar-refractivity contribution in [3.05, 3.63) is 22.6 Å². The molecule has 0 aromatic carbocycles. The molecule has 3 heterocycles. The van der Waals surface area contributed by atoms with Gasteiger partial charge in [0.2, 0.25) is 0 Å². The molecule has 0 saturated carbocycles. The quantitative estimate of drug-likeness (QED) is 0.875. The molecule has 0 aliphatic carbocycles. The molecule has 3 rings (SSSR count). The smallest absolute Gasteiger partial charge is 0.179 e. The molecule has 2 aromatic heterocycles. The summed E-state index contributed by atoms with van der Waals surface area (Å²) in [6.07, 6.45) is 2.65. The first-order valence-corrected chi connectivity index (χ1v) is 7.36. The molecule has 1 N–H and O–H groups in total. The Balaban J connectivity index is 1.96. The minimum Gasteiger partial charge on any atom is -0.329 e. The van der Waals surface area contributed by atoms with Gasteiger partial charge in [-0.1, -0.05) is 0 Å². The molecular weight excluding hydrogens is 256 g/mol. The summed E-state index contributed by atoms with van der Waals surface area (Å²) in [4.78, 5) is 10.4. The average Bonchev–Trinajstić information content (AvgIpc) is 2.95. The first-order chi connectivity index (χ1) is 9.15. The van der Waals surface area contributed by atoms with Crippen molar-refractivity contribution < 1.29 is 0 Å². The number of hydrogen-bond acceptors (Lipinski definition) is 3. The number of fused-ring (bicyclic) bond motifs is 1. The lowest BCUT2D eigenvalue weighted by Crippen LogP contribution is -2.27. The number of aromatic amines is 1. The van der Waals surface area contributed by atoms with Crippen LogP contribution >= 0.6 is 12.2 Å². The van der Waals surface area contributed by atoms with E-state index in [2.05, 4.69) is 32.4 Å². The molecule has 1 aliphatic rings. The van der Waals surface area contributed by atoms with Gasteiger partial charge >= 0.3 is 0 Å².